The zero-order valence-corrected chi connectivity index (χ0v) is 13.7. The van der Waals surface area contributed by atoms with Crippen LogP contribution in [0.4, 0.5) is 0 Å². The number of hydrogen-bond donors (Lipinski definition) is 1. The van der Waals surface area contributed by atoms with Crippen LogP contribution in [-0.2, 0) is 13.6 Å². The molecule has 1 aromatic heterocycles. The van der Waals surface area contributed by atoms with Crippen LogP contribution in [0, 0.1) is 0 Å². The monoisotopic (exact) mass is 321 g/mol. The van der Waals surface area contributed by atoms with E-state index in [1.165, 1.54) is 0 Å². The first kappa shape index (κ1) is 15.8. The molecule has 0 aliphatic rings. The second-order valence-electron chi connectivity index (χ2n) is 5.49. The molecule has 0 saturated heterocycles. The normalized spacial score (nSPS) is 10.4. The summed E-state index contributed by atoms with van der Waals surface area (Å²) in [6, 6.07) is 15.3. The zero-order chi connectivity index (χ0) is 16.9. The number of nitrogens with one attached hydrogen (secondary N) is 1. The van der Waals surface area contributed by atoms with Crippen LogP contribution < -0.4 is 10.1 Å². The molecule has 0 atom stereocenters. The number of aryl methyl sites for hydroxylation is 1. The maximum Gasteiger partial charge on any atom is 0.255 e. The third-order valence-electron chi connectivity index (χ3n) is 3.78. The number of ether oxygens (including phenoxy) is 1. The second kappa shape index (κ2) is 7.00. The van der Waals surface area contributed by atoms with Crippen molar-refractivity contribution in [3.8, 4) is 16.9 Å². The van der Waals surface area contributed by atoms with Gasteiger partial charge in [0.2, 0.25) is 0 Å². The number of carbonyl (C=O) groups excluding carboxylic acids is 1. The first-order valence-electron chi connectivity index (χ1n) is 7.66. The molecule has 0 radical (unpaired) electrons. The fraction of sp³-hybridized carbons (Fsp3) is 0.158. The van der Waals surface area contributed by atoms with E-state index < -0.39 is 0 Å². The third kappa shape index (κ3) is 3.46. The number of rotatable bonds is 5. The van der Waals surface area contributed by atoms with E-state index in [1.54, 1.807) is 24.1 Å². The van der Waals surface area contributed by atoms with Crippen molar-refractivity contribution < 1.29 is 9.53 Å². The minimum atomic E-state index is -0.159. The van der Waals surface area contributed by atoms with Crippen LogP contribution in [0.3, 0.4) is 0 Å². The van der Waals surface area contributed by atoms with Gasteiger partial charge in [0, 0.05) is 25.4 Å². The molecule has 0 fully saturated rings. The Morgan fingerprint density at radius 1 is 1.17 bits per heavy atom. The van der Waals surface area contributed by atoms with E-state index >= 15 is 0 Å². The molecule has 0 aliphatic carbocycles. The number of carbonyl (C=O) groups is 1. The summed E-state index contributed by atoms with van der Waals surface area (Å²) in [6.07, 6.45) is 3.70. The van der Waals surface area contributed by atoms with E-state index in [0.717, 1.165) is 16.7 Å². The summed E-state index contributed by atoms with van der Waals surface area (Å²) in [5.41, 5.74) is 3.50. The van der Waals surface area contributed by atoms with E-state index in [2.05, 4.69) is 10.4 Å². The molecule has 0 spiro atoms. The maximum absolute atomic E-state index is 12.4. The summed E-state index contributed by atoms with van der Waals surface area (Å²) in [7, 11) is 3.43. The largest absolute Gasteiger partial charge is 0.496 e. The van der Waals surface area contributed by atoms with Crippen molar-refractivity contribution in [3.63, 3.8) is 0 Å². The molecule has 3 rings (SSSR count). The van der Waals surface area contributed by atoms with Crippen molar-refractivity contribution in [1.82, 2.24) is 15.1 Å². The first-order chi connectivity index (χ1) is 11.7. The van der Waals surface area contributed by atoms with Crippen LogP contribution in [0.2, 0.25) is 0 Å². The second-order valence-corrected chi connectivity index (χ2v) is 5.49. The van der Waals surface area contributed by atoms with Crippen molar-refractivity contribution in [2.75, 3.05) is 7.11 Å². The van der Waals surface area contributed by atoms with E-state index in [-0.39, 0.29) is 5.91 Å². The van der Waals surface area contributed by atoms with Gasteiger partial charge in [-0.1, -0.05) is 36.4 Å². The molecule has 5 nitrogen and oxygen atoms in total. The standard InChI is InChI=1S/C19H19N3O2/c1-22-13-16(12-21-22)15-8-9-17(18(10-15)24-2)19(23)20-11-14-6-4-3-5-7-14/h3-10,12-13H,11H2,1-2H3,(H,20,23). The van der Waals surface area contributed by atoms with Crippen LogP contribution in [0.1, 0.15) is 15.9 Å². The molecular weight excluding hydrogens is 302 g/mol. The van der Waals surface area contributed by atoms with Gasteiger partial charge in [-0.2, -0.15) is 5.10 Å². The van der Waals surface area contributed by atoms with Gasteiger partial charge in [0.1, 0.15) is 5.75 Å². The Kier molecular flexibility index (Phi) is 4.61. The number of aromatic nitrogens is 2. The SMILES string of the molecule is COc1cc(-c2cnn(C)c2)ccc1C(=O)NCc1ccccc1. The van der Waals surface area contributed by atoms with Crippen molar-refractivity contribution >= 4 is 5.91 Å². The zero-order valence-electron chi connectivity index (χ0n) is 13.7. The number of nitrogens with zero attached hydrogens (tertiary/aromatic N) is 2. The Balaban J connectivity index is 1.78. The molecule has 0 bridgehead atoms. The quantitative estimate of drug-likeness (QED) is 0.786. The number of hydrogen-bond acceptors (Lipinski definition) is 3. The van der Waals surface area contributed by atoms with Gasteiger partial charge in [0.05, 0.1) is 18.9 Å². The Bertz CT molecular complexity index is 841. The van der Waals surface area contributed by atoms with Gasteiger partial charge in [-0.05, 0) is 23.3 Å². The van der Waals surface area contributed by atoms with E-state index in [0.29, 0.717) is 17.9 Å². The predicted molar refractivity (Wildman–Crippen MR) is 92.8 cm³/mol. The minimum absolute atomic E-state index is 0.159. The van der Waals surface area contributed by atoms with E-state index in [9.17, 15) is 4.79 Å². The van der Waals surface area contributed by atoms with Crippen LogP contribution in [0.25, 0.3) is 11.1 Å². The van der Waals surface area contributed by atoms with Crippen LogP contribution >= 0.6 is 0 Å². The molecule has 122 valence electrons. The summed E-state index contributed by atoms with van der Waals surface area (Å²) >= 11 is 0. The average Bonchev–Trinajstić information content (AvgIpc) is 3.06. The molecule has 0 aliphatic heterocycles. The highest BCUT2D eigenvalue weighted by molar-refractivity contribution is 5.97. The lowest BCUT2D eigenvalue weighted by Crippen LogP contribution is -2.23. The van der Waals surface area contributed by atoms with Gasteiger partial charge in [-0.25, -0.2) is 0 Å². The smallest absolute Gasteiger partial charge is 0.255 e. The lowest BCUT2D eigenvalue weighted by Gasteiger charge is -2.11. The Morgan fingerprint density at radius 2 is 1.96 bits per heavy atom. The van der Waals surface area contributed by atoms with Gasteiger partial charge in [-0.3, -0.25) is 9.48 Å². The first-order valence-corrected chi connectivity index (χ1v) is 7.66. The Labute approximate surface area is 140 Å². The lowest BCUT2D eigenvalue weighted by atomic mass is 10.1. The van der Waals surface area contributed by atoms with Crippen LogP contribution in [-0.4, -0.2) is 22.8 Å². The van der Waals surface area contributed by atoms with E-state index in [4.69, 9.17) is 4.74 Å². The summed E-state index contributed by atoms with van der Waals surface area (Å²) < 4.78 is 7.14. The molecule has 1 heterocycles. The highest BCUT2D eigenvalue weighted by Crippen LogP contribution is 2.27. The summed E-state index contributed by atoms with van der Waals surface area (Å²) in [6.45, 7) is 0.479. The van der Waals surface area contributed by atoms with Gasteiger partial charge < -0.3 is 10.1 Å². The molecule has 1 N–H and O–H groups in total. The molecule has 5 heteroatoms. The van der Waals surface area contributed by atoms with Gasteiger partial charge >= 0.3 is 0 Å². The topological polar surface area (TPSA) is 56.2 Å². The molecule has 2 aromatic carbocycles. The highest BCUT2D eigenvalue weighted by Gasteiger charge is 2.13. The Hall–Kier alpha value is -3.08. The molecule has 1 amide bonds. The Morgan fingerprint density at radius 3 is 2.62 bits per heavy atom. The summed E-state index contributed by atoms with van der Waals surface area (Å²) in [4.78, 5) is 12.4. The van der Waals surface area contributed by atoms with Gasteiger partial charge in [-0.15, -0.1) is 0 Å². The summed E-state index contributed by atoms with van der Waals surface area (Å²) in [5, 5.41) is 7.08. The molecule has 0 saturated carbocycles. The fourth-order valence-electron chi connectivity index (χ4n) is 2.50. The highest BCUT2D eigenvalue weighted by atomic mass is 16.5. The number of methoxy groups -OCH3 is 1. The van der Waals surface area contributed by atoms with Gasteiger partial charge in [0.25, 0.3) is 5.91 Å². The molecule has 3 aromatic rings. The van der Waals surface area contributed by atoms with Crippen molar-refractivity contribution in [1.29, 1.82) is 0 Å². The third-order valence-corrected chi connectivity index (χ3v) is 3.78. The lowest BCUT2D eigenvalue weighted by molar-refractivity contribution is 0.0948. The van der Waals surface area contributed by atoms with E-state index in [1.807, 2.05) is 55.7 Å². The fourth-order valence-corrected chi connectivity index (χ4v) is 2.50. The van der Waals surface area contributed by atoms with Gasteiger partial charge in [0.15, 0.2) is 0 Å². The molecule has 24 heavy (non-hydrogen) atoms. The molecular formula is C19H19N3O2. The van der Waals surface area contributed by atoms with Crippen LogP contribution in [0.5, 0.6) is 5.75 Å². The number of benzene rings is 2. The number of amides is 1. The van der Waals surface area contributed by atoms with Crippen molar-refractivity contribution in [2.45, 2.75) is 6.54 Å². The summed E-state index contributed by atoms with van der Waals surface area (Å²) in [5.74, 6) is 0.385. The molecule has 0 unspecified atom stereocenters. The average molecular weight is 321 g/mol. The van der Waals surface area contributed by atoms with Crippen molar-refractivity contribution in [3.05, 3.63) is 72.1 Å². The minimum Gasteiger partial charge on any atom is -0.496 e. The van der Waals surface area contributed by atoms with Crippen LogP contribution in [0.15, 0.2) is 60.9 Å². The predicted octanol–water partition coefficient (Wildman–Crippen LogP) is 3.03. The van der Waals surface area contributed by atoms with Crippen molar-refractivity contribution in [2.24, 2.45) is 7.05 Å². The maximum atomic E-state index is 12.4.